The third-order valence-electron chi connectivity index (χ3n) is 2.59. The van der Waals surface area contributed by atoms with Crippen LogP contribution in [0.15, 0.2) is 17.2 Å². The Morgan fingerprint density at radius 3 is 3.00 bits per heavy atom. The van der Waals surface area contributed by atoms with Crippen molar-refractivity contribution in [2.75, 3.05) is 13.6 Å². The molecule has 1 N–H and O–H groups in total. The van der Waals surface area contributed by atoms with Crippen LogP contribution < -0.4 is 5.69 Å². The molecule has 0 spiro atoms. The number of hydrogen-bond donors (Lipinski definition) is 1. The Morgan fingerprint density at radius 2 is 2.46 bits per heavy atom. The van der Waals surface area contributed by atoms with Crippen molar-refractivity contribution in [1.82, 2.24) is 14.5 Å². The van der Waals surface area contributed by atoms with Crippen molar-refractivity contribution >= 4 is 0 Å². The molecule has 1 heterocycles. The molecule has 1 aliphatic rings. The van der Waals surface area contributed by atoms with Gasteiger partial charge in [0, 0.05) is 31.5 Å². The summed E-state index contributed by atoms with van der Waals surface area (Å²) in [7, 11) is 2.12. The van der Waals surface area contributed by atoms with E-state index in [4.69, 9.17) is 0 Å². The summed E-state index contributed by atoms with van der Waals surface area (Å²) in [5.41, 5.74) is -0.0100. The Labute approximate surface area is 77.2 Å². The minimum absolute atomic E-state index is 0.0100. The van der Waals surface area contributed by atoms with Gasteiger partial charge in [-0.3, -0.25) is 4.57 Å². The summed E-state index contributed by atoms with van der Waals surface area (Å²) >= 11 is 0. The smallest absolute Gasteiger partial charge is 0.313 e. The van der Waals surface area contributed by atoms with Crippen LogP contribution >= 0.6 is 0 Å². The quantitative estimate of drug-likeness (QED) is 0.724. The summed E-state index contributed by atoms with van der Waals surface area (Å²) in [4.78, 5) is 16.1. The second kappa shape index (κ2) is 3.38. The number of aromatic amines is 1. The first-order valence-corrected chi connectivity index (χ1v) is 4.71. The number of H-pyrrole nitrogens is 1. The van der Waals surface area contributed by atoms with Crippen LogP contribution in [-0.4, -0.2) is 34.1 Å². The summed E-state index contributed by atoms with van der Waals surface area (Å²) in [5.74, 6) is 0. The van der Waals surface area contributed by atoms with Gasteiger partial charge in [-0.1, -0.05) is 0 Å². The average molecular weight is 181 g/mol. The summed E-state index contributed by atoms with van der Waals surface area (Å²) in [6.07, 6.45) is 6.11. The Hall–Kier alpha value is -1.03. The molecule has 0 bridgehead atoms. The summed E-state index contributed by atoms with van der Waals surface area (Å²) < 4.78 is 1.71. The zero-order chi connectivity index (χ0) is 9.26. The Morgan fingerprint density at radius 1 is 1.69 bits per heavy atom. The van der Waals surface area contributed by atoms with Gasteiger partial charge in [-0.2, -0.15) is 0 Å². The van der Waals surface area contributed by atoms with Crippen molar-refractivity contribution < 1.29 is 0 Å². The van der Waals surface area contributed by atoms with Crippen LogP contribution in [0.1, 0.15) is 12.8 Å². The Bertz CT molecular complexity index is 324. The maximum atomic E-state index is 11.1. The van der Waals surface area contributed by atoms with Crippen LogP contribution in [0.3, 0.4) is 0 Å². The molecule has 72 valence electrons. The van der Waals surface area contributed by atoms with Gasteiger partial charge in [0.05, 0.1) is 0 Å². The maximum Gasteiger partial charge on any atom is 0.325 e. The highest BCUT2D eigenvalue weighted by Crippen LogP contribution is 2.24. The standard InChI is InChI=1S/C9H15N3O/c1-11(8-2-3-8)6-7-12-5-4-10-9(12)13/h4-5,8H,2-3,6-7H2,1H3,(H,10,13). The first-order valence-electron chi connectivity index (χ1n) is 4.71. The van der Waals surface area contributed by atoms with Gasteiger partial charge in [-0.25, -0.2) is 4.79 Å². The van der Waals surface area contributed by atoms with Crippen LogP contribution in [0.25, 0.3) is 0 Å². The topological polar surface area (TPSA) is 41.0 Å². The predicted molar refractivity (Wildman–Crippen MR) is 50.7 cm³/mol. The summed E-state index contributed by atoms with van der Waals surface area (Å²) in [5, 5.41) is 0. The molecule has 13 heavy (non-hydrogen) atoms. The molecule has 4 nitrogen and oxygen atoms in total. The molecule has 0 atom stereocenters. The van der Waals surface area contributed by atoms with Crippen molar-refractivity contribution in [3.63, 3.8) is 0 Å². The molecule has 0 saturated heterocycles. The second-order valence-electron chi connectivity index (χ2n) is 3.67. The lowest BCUT2D eigenvalue weighted by atomic mass is 10.5. The van der Waals surface area contributed by atoms with E-state index >= 15 is 0 Å². The Balaban J connectivity index is 1.85. The first kappa shape index (κ1) is 8.56. The number of rotatable bonds is 4. The van der Waals surface area contributed by atoms with Crippen LogP contribution in [0.2, 0.25) is 0 Å². The zero-order valence-electron chi connectivity index (χ0n) is 7.86. The van der Waals surface area contributed by atoms with Gasteiger partial charge in [-0.05, 0) is 19.9 Å². The van der Waals surface area contributed by atoms with E-state index in [1.165, 1.54) is 12.8 Å². The van der Waals surface area contributed by atoms with Gasteiger partial charge in [0.1, 0.15) is 0 Å². The van der Waals surface area contributed by atoms with Gasteiger partial charge in [-0.15, -0.1) is 0 Å². The largest absolute Gasteiger partial charge is 0.325 e. The van der Waals surface area contributed by atoms with Crippen molar-refractivity contribution in [2.45, 2.75) is 25.4 Å². The van der Waals surface area contributed by atoms with E-state index < -0.39 is 0 Å². The molecule has 0 aliphatic heterocycles. The maximum absolute atomic E-state index is 11.1. The summed E-state index contributed by atoms with van der Waals surface area (Å²) in [6, 6.07) is 0.773. The number of imidazole rings is 1. The van der Waals surface area contributed by atoms with E-state index in [0.29, 0.717) is 0 Å². The number of aromatic nitrogens is 2. The second-order valence-corrected chi connectivity index (χ2v) is 3.67. The van der Waals surface area contributed by atoms with Gasteiger partial charge in [0.2, 0.25) is 0 Å². The third-order valence-corrected chi connectivity index (χ3v) is 2.59. The van der Waals surface area contributed by atoms with Crippen molar-refractivity contribution in [1.29, 1.82) is 0 Å². The molecule has 0 unspecified atom stereocenters. The highest BCUT2D eigenvalue weighted by Gasteiger charge is 2.25. The lowest BCUT2D eigenvalue weighted by Crippen LogP contribution is -2.28. The van der Waals surface area contributed by atoms with Gasteiger partial charge in [0.15, 0.2) is 0 Å². The predicted octanol–water partition coefficient (Wildman–Crippen LogP) is 0.271. The van der Waals surface area contributed by atoms with Gasteiger partial charge >= 0.3 is 5.69 Å². The van der Waals surface area contributed by atoms with Crippen LogP contribution in [0.5, 0.6) is 0 Å². The first-order chi connectivity index (χ1) is 6.27. The van der Waals surface area contributed by atoms with E-state index in [9.17, 15) is 4.79 Å². The minimum Gasteiger partial charge on any atom is -0.313 e. The monoisotopic (exact) mass is 181 g/mol. The van der Waals surface area contributed by atoms with Crippen molar-refractivity contribution in [3.8, 4) is 0 Å². The average Bonchev–Trinajstić information content (AvgIpc) is 2.88. The fourth-order valence-corrected chi connectivity index (χ4v) is 1.49. The SMILES string of the molecule is CN(CCn1cc[nH]c1=O)C1CC1. The lowest BCUT2D eigenvalue weighted by Gasteiger charge is -2.14. The fraction of sp³-hybridized carbons (Fsp3) is 0.667. The minimum atomic E-state index is -0.0100. The molecule has 1 fully saturated rings. The molecule has 2 rings (SSSR count). The summed E-state index contributed by atoms with van der Waals surface area (Å²) in [6.45, 7) is 1.75. The number of likely N-dealkylation sites (N-methyl/N-ethyl adjacent to an activating group) is 1. The van der Waals surface area contributed by atoms with Gasteiger partial charge < -0.3 is 9.88 Å². The highest BCUT2D eigenvalue weighted by molar-refractivity contribution is 4.83. The number of nitrogens with zero attached hydrogens (tertiary/aromatic N) is 2. The van der Waals surface area contributed by atoms with Crippen molar-refractivity contribution in [3.05, 3.63) is 22.9 Å². The van der Waals surface area contributed by atoms with Crippen LogP contribution in [0, 0.1) is 0 Å². The van der Waals surface area contributed by atoms with E-state index in [1.807, 2.05) is 0 Å². The molecular weight excluding hydrogens is 166 g/mol. The van der Waals surface area contributed by atoms with E-state index in [-0.39, 0.29) is 5.69 Å². The van der Waals surface area contributed by atoms with E-state index in [0.717, 1.165) is 19.1 Å². The number of nitrogens with one attached hydrogen (secondary N) is 1. The van der Waals surface area contributed by atoms with Gasteiger partial charge in [0.25, 0.3) is 0 Å². The van der Waals surface area contributed by atoms with Crippen LogP contribution in [-0.2, 0) is 6.54 Å². The lowest BCUT2D eigenvalue weighted by molar-refractivity contribution is 0.307. The molecule has 1 aromatic rings. The Kier molecular flexibility index (Phi) is 2.22. The molecule has 0 radical (unpaired) electrons. The van der Waals surface area contributed by atoms with Crippen molar-refractivity contribution in [2.24, 2.45) is 0 Å². The normalized spacial score (nSPS) is 16.8. The number of hydrogen-bond acceptors (Lipinski definition) is 2. The van der Waals surface area contributed by atoms with E-state index in [2.05, 4.69) is 16.9 Å². The molecule has 1 aliphatic carbocycles. The fourth-order valence-electron chi connectivity index (χ4n) is 1.49. The van der Waals surface area contributed by atoms with Crippen LogP contribution in [0.4, 0.5) is 0 Å². The molecule has 4 heteroatoms. The highest BCUT2D eigenvalue weighted by atomic mass is 16.1. The van der Waals surface area contributed by atoms with E-state index in [1.54, 1.807) is 17.0 Å². The molecule has 0 aromatic carbocycles. The molecular formula is C9H15N3O. The zero-order valence-corrected chi connectivity index (χ0v) is 7.86. The third kappa shape index (κ3) is 2.01. The molecule has 1 saturated carbocycles. The molecule has 0 amide bonds. The molecule has 1 aromatic heterocycles.